The van der Waals surface area contributed by atoms with Crippen molar-refractivity contribution < 1.29 is 38.7 Å². The van der Waals surface area contributed by atoms with E-state index >= 15 is 0 Å². The number of benzene rings is 2. The van der Waals surface area contributed by atoms with Crippen LogP contribution in [-0.2, 0) is 48.2 Å². The van der Waals surface area contributed by atoms with E-state index in [2.05, 4.69) is 31.2 Å². The van der Waals surface area contributed by atoms with Gasteiger partial charge in [-0.3, -0.25) is 33.8 Å². The monoisotopic (exact) mass is 809 g/mol. The Morgan fingerprint density at radius 3 is 2.14 bits per heavy atom. The molecule has 1 aromatic heterocycles. The minimum Gasteiger partial charge on any atom is -0.480 e. The van der Waals surface area contributed by atoms with E-state index in [1.165, 1.54) is 23.5 Å². The molecule has 5 N–H and O–H groups in total. The molecule has 15 nitrogen and oxygen atoms in total. The second-order valence-corrected chi connectivity index (χ2v) is 16.5. The average molecular weight is 810 g/mol. The number of Topliss-reactive ketones (excluding diaryl/α,β-unsaturated/α-hetero) is 1. The standard InChI is InChI=1S/C44H55N7O8/c1-5-14-31(36(52)41(56)48-32(43(58)59)23-27-15-8-6-9-16-27)47-39(54)34-24-29-19-12-13-20-30(29)26-51(34)42(57)37(44(2,3)4)50-40(55)35(28-17-10-7-11-18-28)49-38(53)33-25-45-21-22-46-33/h6,8-9,12-13,15-16,19-22,25,28,31-32,34-35,37H,5,7,10-11,14,17-18,23-24,26H2,1-4H3,(H,47,54)(H,48,56)(H,49,53)(H,50,55)(H,58,59)/t31-,32-,34?,35-,37-/m1/s1. The van der Waals surface area contributed by atoms with E-state index in [0.717, 1.165) is 30.4 Å². The van der Waals surface area contributed by atoms with Crippen LogP contribution in [-0.4, -0.2) is 91.5 Å². The Labute approximate surface area is 344 Å². The maximum absolute atomic E-state index is 14.9. The summed E-state index contributed by atoms with van der Waals surface area (Å²) in [5, 5.41) is 20.7. The van der Waals surface area contributed by atoms with E-state index in [-0.39, 0.29) is 37.4 Å². The second kappa shape index (κ2) is 20.1. The zero-order valence-corrected chi connectivity index (χ0v) is 34.1. The minimum atomic E-state index is -1.39. The van der Waals surface area contributed by atoms with E-state index in [0.29, 0.717) is 24.8 Å². The first-order chi connectivity index (χ1) is 28.2. The topological polar surface area (TPSA) is 217 Å². The van der Waals surface area contributed by atoms with E-state index in [1.54, 1.807) is 58.0 Å². The predicted octanol–water partition coefficient (Wildman–Crippen LogP) is 3.31. The van der Waals surface area contributed by atoms with Crippen LogP contribution in [0.5, 0.6) is 0 Å². The number of aromatic nitrogens is 2. The lowest BCUT2D eigenvalue weighted by molar-refractivity contribution is -0.148. The lowest BCUT2D eigenvalue weighted by atomic mass is 9.81. The van der Waals surface area contributed by atoms with Crippen LogP contribution in [0.2, 0.25) is 0 Å². The smallest absolute Gasteiger partial charge is 0.326 e. The highest BCUT2D eigenvalue weighted by Crippen LogP contribution is 2.30. The number of nitrogens with zero attached hydrogens (tertiary/aromatic N) is 3. The van der Waals surface area contributed by atoms with Gasteiger partial charge in [-0.15, -0.1) is 0 Å². The van der Waals surface area contributed by atoms with Gasteiger partial charge in [-0.05, 0) is 47.3 Å². The van der Waals surface area contributed by atoms with Gasteiger partial charge in [0.25, 0.3) is 11.8 Å². The SMILES string of the molecule is CCC[C@@H](NC(=O)C1Cc2ccccc2CN1C(=O)[C@@H](NC(=O)[C@H](NC(=O)c1cnccn1)C1CCCCC1)C(C)(C)C)C(=O)C(=O)N[C@H](Cc1ccccc1)C(=O)O. The molecule has 1 aliphatic carbocycles. The number of hydrogen-bond acceptors (Lipinski definition) is 9. The Morgan fingerprint density at radius 2 is 1.51 bits per heavy atom. The molecule has 59 heavy (non-hydrogen) atoms. The number of amides is 5. The molecule has 15 heteroatoms. The Kier molecular flexibility index (Phi) is 15.0. The zero-order valence-electron chi connectivity index (χ0n) is 34.1. The first-order valence-electron chi connectivity index (χ1n) is 20.3. The molecular weight excluding hydrogens is 755 g/mol. The number of fused-ring (bicyclic) bond motifs is 1. The van der Waals surface area contributed by atoms with Crippen LogP contribution in [0.25, 0.3) is 0 Å². The highest BCUT2D eigenvalue weighted by atomic mass is 16.4. The Morgan fingerprint density at radius 1 is 0.831 bits per heavy atom. The van der Waals surface area contributed by atoms with Crippen LogP contribution in [0, 0.1) is 11.3 Å². The van der Waals surface area contributed by atoms with Crippen molar-refractivity contribution in [1.29, 1.82) is 0 Å². The van der Waals surface area contributed by atoms with E-state index < -0.39 is 76.9 Å². The summed E-state index contributed by atoms with van der Waals surface area (Å²) >= 11 is 0. The van der Waals surface area contributed by atoms with Crippen LogP contribution in [0.15, 0.2) is 73.2 Å². The predicted molar refractivity (Wildman–Crippen MR) is 217 cm³/mol. The summed E-state index contributed by atoms with van der Waals surface area (Å²) in [5.74, 6) is -5.98. The van der Waals surface area contributed by atoms with Gasteiger partial charge in [0, 0.05) is 31.8 Å². The Bertz CT molecular complexity index is 1980. The number of nitrogens with one attached hydrogen (secondary N) is 4. The molecule has 0 bridgehead atoms. The molecule has 3 aromatic rings. The lowest BCUT2D eigenvalue weighted by Crippen LogP contribution is -2.63. The maximum atomic E-state index is 14.9. The van der Waals surface area contributed by atoms with Crippen molar-refractivity contribution in [1.82, 2.24) is 36.1 Å². The molecule has 2 aromatic carbocycles. The zero-order chi connectivity index (χ0) is 42.7. The van der Waals surface area contributed by atoms with Gasteiger partial charge in [0.15, 0.2) is 0 Å². The van der Waals surface area contributed by atoms with Gasteiger partial charge in [-0.2, -0.15) is 0 Å². The fourth-order valence-electron chi connectivity index (χ4n) is 7.79. The first kappa shape index (κ1) is 44.1. The third-order valence-electron chi connectivity index (χ3n) is 11.0. The third kappa shape index (κ3) is 11.6. The number of ketones is 1. The summed E-state index contributed by atoms with van der Waals surface area (Å²) in [5.41, 5.74) is 1.46. The molecular formula is C44H55N7O8. The van der Waals surface area contributed by atoms with Crippen LogP contribution in [0.1, 0.15) is 99.8 Å². The van der Waals surface area contributed by atoms with E-state index in [4.69, 9.17) is 0 Å². The number of rotatable bonds is 16. The quantitative estimate of drug-likeness (QED) is 0.133. The highest BCUT2D eigenvalue weighted by Gasteiger charge is 2.44. The van der Waals surface area contributed by atoms with Gasteiger partial charge in [0.1, 0.15) is 29.9 Å². The number of aliphatic carboxylic acids is 1. The molecule has 0 spiro atoms. The number of carboxylic acids is 1. The Hall–Kier alpha value is -5.99. The molecule has 5 rings (SSSR count). The molecule has 0 radical (unpaired) electrons. The van der Waals surface area contributed by atoms with Gasteiger partial charge < -0.3 is 31.3 Å². The van der Waals surface area contributed by atoms with Crippen molar-refractivity contribution in [2.24, 2.45) is 11.3 Å². The third-order valence-corrected chi connectivity index (χ3v) is 11.0. The van der Waals surface area contributed by atoms with Crippen molar-refractivity contribution in [2.75, 3.05) is 0 Å². The summed E-state index contributed by atoms with van der Waals surface area (Å²) in [6.07, 6.45) is 8.86. The molecule has 1 aliphatic heterocycles. The van der Waals surface area contributed by atoms with Gasteiger partial charge in [0.2, 0.25) is 23.5 Å². The van der Waals surface area contributed by atoms with Gasteiger partial charge in [-0.25, -0.2) is 9.78 Å². The summed E-state index contributed by atoms with van der Waals surface area (Å²) in [6, 6.07) is 10.1. The number of hydrogen-bond donors (Lipinski definition) is 5. The molecule has 1 fully saturated rings. The van der Waals surface area contributed by atoms with Crippen LogP contribution >= 0.6 is 0 Å². The molecule has 2 aliphatic rings. The van der Waals surface area contributed by atoms with Crippen molar-refractivity contribution in [3.63, 3.8) is 0 Å². The van der Waals surface area contributed by atoms with E-state index in [9.17, 15) is 38.7 Å². The molecule has 314 valence electrons. The van der Waals surface area contributed by atoms with Crippen LogP contribution in [0.3, 0.4) is 0 Å². The van der Waals surface area contributed by atoms with Crippen molar-refractivity contribution in [3.05, 3.63) is 95.6 Å². The van der Waals surface area contributed by atoms with Gasteiger partial charge in [-0.1, -0.05) is 108 Å². The van der Waals surface area contributed by atoms with Crippen LogP contribution < -0.4 is 21.3 Å². The number of carbonyl (C=O) groups is 7. The molecule has 5 atom stereocenters. The van der Waals surface area contributed by atoms with Gasteiger partial charge >= 0.3 is 5.97 Å². The minimum absolute atomic E-state index is 0.0255. The summed E-state index contributed by atoms with van der Waals surface area (Å²) in [6.45, 7) is 7.20. The number of carboxylic acid groups (broad SMARTS) is 1. The maximum Gasteiger partial charge on any atom is 0.326 e. The second-order valence-electron chi connectivity index (χ2n) is 16.5. The van der Waals surface area contributed by atoms with Crippen molar-refractivity contribution in [3.8, 4) is 0 Å². The van der Waals surface area contributed by atoms with Gasteiger partial charge in [0.05, 0.1) is 12.2 Å². The first-order valence-corrected chi connectivity index (χ1v) is 20.3. The normalized spacial score (nSPS) is 17.6. The largest absolute Gasteiger partial charge is 0.480 e. The lowest BCUT2D eigenvalue weighted by Gasteiger charge is -2.42. The summed E-state index contributed by atoms with van der Waals surface area (Å²) in [4.78, 5) is 105. The number of carbonyl (C=O) groups excluding carboxylic acids is 6. The van der Waals surface area contributed by atoms with Crippen molar-refractivity contribution >= 4 is 41.3 Å². The summed E-state index contributed by atoms with van der Waals surface area (Å²) in [7, 11) is 0. The molecule has 0 saturated heterocycles. The van der Waals surface area contributed by atoms with Crippen LogP contribution in [0.4, 0.5) is 0 Å². The van der Waals surface area contributed by atoms with Crippen molar-refractivity contribution in [2.45, 2.75) is 122 Å². The molecule has 2 heterocycles. The summed E-state index contributed by atoms with van der Waals surface area (Å²) < 4.78 is 0. The highest BCUT2D eigenvalue weighted by molar-refractivity contribution is 6.38. The molecule has 5 amide bonds. The average Bonchev–Trinajstić information content (AvgIpc) is 3.23. The van der Waals surface area contributed by atoms with E-state index in [1.807, 2.05) is 24.3 Å². The molecule has 1 unspecified atom stereocenters. The fraction of sp³-hybridized carbons (Fsp3) is 0.477. The fourth-order valence-corrected chi connectivity index (χ4v) is 7.79. The Balaban J connectivity index is 1.38. The molecule has 1 saturated carbocycles.